The van der Waals surface area contributed by atoms with Gasteiger partial charge in [0.05, 0.1) is 13.2 Å². The number of rotatable bonds is 6. The topological polar surface area (TPSA) is 55.2 Å². The second-order valence-corrected chi connectivity index (χ2v) is 5.83. The number of ether oxygens (including phenoxy) is 1. The first-order chi connectivity index (χ1) is 9.86. The number of aromatic nitrogens is 3. The van der Waals surface area contributed by atoms with Gasteiger partial charge in [-0.15, -0.1) is 11.3 Å². The molecular formula is C13H19N5OS. The summed E-state index contributed by atoms with van der Waals surface area (Å²) in [4.78, 5) is 12.5. The first-order valence-corrected chi connectivity index (χ1v) is 7.58. The number of fused-ring (bicyclic) bond motifs is 1. The molecule has 0 amide bonds. The Kier molecular flexibility index (Phi) is 4.29. The molecule has 1 aliphatic rings. The predicted octanol–water partition coefficient (Wildman–Crippen LogP) is 1.10. The first-order valence-electron chi connectivity index (χ1n) is 6.76. The molecular weight excluding hydrogens is 274 g/mol. The van der Waals surface area contributed by atoms with Crippen molar-refractivity contribution in [2.75, 3.05) is 31.7 Å². The molecule has 0 bridgehead atoms. The summed E-state index contributed by atoms with van der Waals surface area (Å²) in [5.41, 5.74) is 0. The quantitative estimate of drug-likeness (QED) is 0.808. The summed E-state index contributed by atoms with van der Waals surface area (Å²) in [6.45, 7) is 5.27. The molecule has 2 aromatic rings. The van der Waals surface area contributed by atoms with E-state index in [1.54, 1.807) is 18.4 Å². The highest BCUT2D eigenvalue weighted by molar-refractivity contribution is 7.15. The molecule has 108 valence electrons. The number of anilines is 1. The van der Waals surface area contributed by atoms with Gasteiger partial charge >= 0.3 is 0 Å². The molecule has 0 spiro atoms. The Morgan fingerprint density at radius 1 is 1.40 bits per heavy atom. The highest BCUT2D eigenvalue weighted by Crippen LogP contribution is 2.25. The van der Waals surface area contributed by atoms with E-state index in [0.29, 0.717) is 0 Å². The Hall–Kier alpha value is -1.44. The van der Waals surface area contributed by atoms with Crippen LogP contribution in [0.3, 0.4) is 0 Å². The smallest absolute Gasteiger partial charge is 0.186 e. The highest BCUT2D eigenvalue weighted by atomic mass is 32.1. The lowest BCUT2D eigenvalue weighted by Crippen LogP contribution is -2.33. The molecule has 1 N–H and O–H groups in total. The standard InChI is InChI=1S/C13H19N5OS/c1-19-7-3-14-8-11-9-16-13(20-11)18-6-5-17-4-2-15-12(17)10-18/h2,4,9,14H,3,5-8,10H2,1H3. The number of nitrogens with one attached hydrogen (secondary N) is 1. The molecule has 1 aliphatic heterocycles. The third-order valence-electron chi connectivity index (χ3n) is 3.34. The van der Waals surface area contributed by atoms with Crippen molar-refractivity contribution in [3.8, 4) is 0 Å². The Balaban J connectivity index is 1.57. The predicted molar refractivity (Wildman–Crippen MR) is 79.0 cm³/mol. The van der Waals surface area contributed by atoms with E-state index in [0.717, 1.165) is 50.3 Å². The van der Waals surface area contributed by atoms with E-state index in [-0.39, 0.29) is 0 Å². The lowest BCUT2D eigenvalue weighted by Gasteiger charge is -2.27. The van der Waals surface area contributed by atoms with Gasteiger partial charge in [0.1, 0.15) is 5.82 Å². The fourth-order valence-electron chi connectivity index (χ4n) is 2.25. The van der Waals surface area contributed by atoms with Gasteiger partial charge in [-0.1, -0.05) is 0 Å². The Bertz CT molecular complexity index is 552. The zero-order valence-corrected chi connectivity index (χ0v) is 12.4. The van der Waals surface area contributed by atoms with Gasteiger partial charge in [-0.25, -0.2) is 9.97 Å². The molecule has 0 atom stereocenters. The third kappa shape index (κ3) is 3.00. The van der Waals surface area contributed by atoms with Crippen molar-refractivity contribution in [2.45, 2.75) is 19.6 Å². The fourth-order valence-corrected chi connectivity index (χ4v) is 3.15. The zero-order valence-electron chi connectivity index (χ0n) is 11.6. The number of imidazole rings is 1. The number of thiazole rings is 1. The Morgan fingerprint density at radius 3 is 3.25 bits per heavy atom. The molecule has 0 unspecified atom stereocenters. The van der Waals surface area contributed by atoms with Gasteiger partial charge in [-0.3, -0.25) is 0 Å². The molecule has 20 heavy (non-hydrogen) atoms. The summed E-state index contributed by atoms with van der Waals surface area (Å²) in [6.07, 6.45) is 5.87. The van der Waals surface area contributed by atoms with Crippen LogP contribution < -0.4 is 10.2 Å². The lowest BCUT2D eigenvalue weighted by molar-refractivity contribution is 0.199. The molecule has 0 saturated heterocycles. The molecule has 6 nitrogen and oxygen atoms in total. The van der Waals surface area contributed by atoms with Gasteiger partial charge < -0.3 is 19.5 Å². The van der Waals surface area contributed by atoms with Crippen LogP contribution >= 0.6 is 11.3 Å². The normalized spacial score (nSPS) is 14.6. The average molecular weight is 293 g/mol. The van der Waals surface area contributed by atoms with Crippen LogP contribution in [0.4, 0.5) is 5.13 Å². The number of methoxy groups -OCH3 is 1. The Morgan fingerprint density at radius 2 is 2.35 bits per heavy atom. The van der Waals surface area contributed by atoms with Crippen molar-refractivity contribution in [3.63, 3.8) is 0 Å². The van der Waals surface area contributed by atoms with Crippen molar-refractivity contribution in [1.82, 2.24) is 19.9 Å². The summed E-state index contributed by atoms with van der Waals surface area (Å²) < 4.78 is 7.22. The summed E-state index contributed by atoms with van der Waals surface area (Å²) in [7, 11) is 1.72. The van der Waals surface area contributed by atoms with Crippen molar-refractivity contribution >= 4 is 16.5 Å². The van der Waals surface area contributed by atoms with Gasteiger partial charge in [-0.05, 0) is 0 Å². The van der Waals surface area contributed by atoms with E-state index < -0.39 is 0 Å². The SMILES string of the molecule is COCCNCc1cnc(N2CCn3ccnc3C2)s1. The van der Waals surface area contributed by atoms with Crippen LogP contribution in [-0.4, -0.2) is 41.3 Å². The highest BCUT2D eigenvalue weighted by Gasteiger charge is 2.19. The second-order valence-electron chi connectivity index (χ2n) is 4.74. The van der Waals surface area contributed by atoms with Crippen LogP contribution in [0.25, 0.3) is 0 Å². The van der Waals surface area contributed by atoms with Crippen molar-refractivity contribution in [1.29, 1.82) is 0 Å². The minimum atomic E-state index is 0.737. The molecule has 0 saturated carbocycles. The van der Waals surface area contributed by atoms with Crippen LogP contribution in [0.1, 0.15) is 10.7 Å². The molecule has 0 fully saturated rings. The summed E-state index contributed by atoms with van der Waals surface area (Å²) in [5.74, 6) is 1.12. The number of hydrogen-bond donors (Lipinski definition) is 1. The molecule has 3 rings (SSSR count). The second kappa shape index (κ2) is 6.34. The van der Waals surface area contributed by atoms with Crippen LogP contribution in [0.5, 0.6) is 0 Å². The van der Waals surface area contributed by atoms with Crippen LogP contribution in [-0.2, 0) is 24.4 Å². The van der Waals surface area contributed by atoms with Crippen molar-refractivity contribution in [2.24, 2.45) is 0 Å². The molecule has 3 heterocycles. The fraction of sp³-hybridized carbons (Fsp3) is 0.538. The zero-order chi connectivity index (χ0) is 13.8. The summed E-state index contributed by atoms with van der Waals surface area (Å²) >= 11 is 1.75. The van der Waals surface area contributed by atoms with E-state index in [2.05, 4.69) is 24.8 Å². The van der Waals surface area contributed by atoms with Gasteiger partial charge in [0.15, 0.2) is 5.13 Å². The van der Waals surface area contributed by atoms with Crippen LogP contribution in [0, 0.1) is 0 Å². The molecule has 0 aliphatic carbocycles. The van der Waals surface area contributed by atoms with Crippen LogP contribution in [0.2, 0.25) is 0 Å². The minimum absolute atomic E-state index is 0.737. The molecule has 7 heteroatoms. The van der Waals surface area contributed by atoms with Crippen molar-refractivity contribution in [3.05, 3.63) is 29.3 Å². The monoisotopic (exact) mass is 293 g/mol. The van der Waals surface area contributed by atoms with Crippen molar-refractivity contribution < 1.29 is 4.74 Å². The van der Waals surface area contributed by atoms with Gasteiger partial charge in [-0.2, -0.15) is 0 Å². The van der Waals surface area contributed by atoms with Gasteiger partial charge in [0.25, 0.3) is 0 Å². The summed E-state index contributed by atoms with van der Waals surface area (Å²) in [5, 5.41) is 4.43. The molecule has 0 radical (unpaired) electrons. The number of nitrogens with zero attached hydrogens (tertiary/aromatic N) is 4. The average Bonchev–Trinajstić information content (AvgIpc) is 3.11. The summed E-state index contributed by atoms with van der Waals surface area (Å²) in [6, 6.07) is 0. The number of hydrogen-bond acceptors (Lipinski definition) is 6. The molecule has 0 aromatic carbocycles. The maximum Gasteiger partial charge on any atom is 0.186 e. The van der Waals surface area contributed by atoms with Gasteiger partial charge in [0.2, 0.25) is 0 Å². The van der Waals surface area contributed by atoms with Crippen LogP contribution in [0.15, 0.2) is 18.6 Å². The van der Waals surface area contributed by atoms with E-state index in [4.69, 9.17) is 4.74 Å². The lowest BCUT2D eigenvalue weighted by atomic mass is 10.4. The van der Waals surface area contributed by atoms with E-state index in [1.165, 1.54) is 4.88 Å². The minimum Gasteiger partial charge on any atom is -0.383 e. The Labute approximate surface area is 122 Å². The van der Waals surface area contributed by atoms with E-state index >= 15 is 0 Å². The largest absolute Gasteiger partial charge is 0.383 e. The maximum atomic E-state index is 5.01. The van der Waals surface area contributed by atoms with E-state index in [9.17, 15) is 0 Å². The molecule has 2 aromatic heterocycles. The maximum absolute atomic E-state index is 5.01. The van der Waals surface area contributed by atoms with Gasteiger partial charge in [0, 0.05) is 56.8 Å². The first kappa shape index (κ1) is 13.5. The van der Waals surface area contributed by atoms with E-state index in [1.807, 2.05) is 18.6 Å². The third-order valence-corrected chi connectivity index (χ3v) is 4.40.